The number of nitrogens with one attached hydrogen (secondary N) is 1. The highest BCUT2D eigenvalue weighted by molar-refractivity contribution is 7.47. The minimum atomic E-state index is -4.36. The van der Waals surface area contributed by atoms with Crippen molar-refractivity contribution in [1.29, 1.82) is 0 Å². The number of rotatable bonds is 63. The molecule has 0 aliphatic heterocycles. The van der Waals surface area contributed by atoms with Gasteiger partial charge in [-0.15, -0.1) is 0 Å². The lowest BCUT2D eigenvalue weighted by Crippen LogP contribution is -2.45. The van der Waals surface area contributed by atoms with Gasteiger partial charge in [-0.2, -0.15) is 0 Å². The molecule has 1 amide bonds. The number of carbonyl (C=O) groups is 1. The molecule has 3 atom stereocenters. The topological polar surface area (TPSA) is 105 Å². The molecule has 0 aliphatic rings. The predicted molar refractivity (Wildman–Crippen MR) is 332 cm³/mol. The zero-order valence-electron chi connectivity index (χ0n) is 51.8. The molecule has 8 nitrogen and oxygen atoms in total. The number of carbonyl (C=O) groups excluding carboxylic acids is 1. The molecule has 0 heterocycles. The second-order valence-corrected chi connectivity index (χ2v) is 26.0. The lowest BCUT2D eigenvalue weighted by Gasteiger charge is -2.25. The van der Waals surface area contributed by atoms with Crippen LogP contribution in [0.15, 0.2) is 24.3 Å². The molecule has 0 aromatic heterocycles. The number of quaternary nitrogens is 1. The number of allylic oxidation sites excluding steroid dienone is 3. The molecule has 0 bridgehead atoms. The molecule has 0 radical (unpaired) electrons. The average molecular weight is 1090 g/mol. The van der Waals surface area contributed by atoms with Crippen molar-refractivity contribution in [2.45, 2.75) is 360 Å². The lowest BCUT2D eigenvalue weighted by molar-refractivity contribution is -0.870. The summed E-state index contributed by atoms with van der Waals surface area (Å²) in [6, 6.07) is -0.861. The highest BCUT2D eigenvalue weighted by atomic mass is 31.2. The number of aliphatic hydroxyl groups is 1. The van der Waals surface area contributed by atoms with E-state index in [9.17, 15) is 19.4 Å². The van der Waals surface area contributed by atoms with E-state index in [-0.39, 0.29) is 19.1 Å². The van der Waals surface area contributed by atoms with Crippen LogP contribution < -0.4 is 5.32 Å². The monoisotopic (exact) mass is 1090 g/mol. The fourth-order valence-corrected chi connectivity index (χ4v) is 11.2. The Morgan fingerprint density at radius 2 is 0.724 bits per heavy atom. The third kappa shape index (κ3) is 60.6. The average Bonchev–Trinajstić information content (AvgIpc) is 3.38. The molecule has 3 N–H and O–H groups in total. The van der Waals surface area contributed by atoms with Crippen LogP contribution in [0, 0.1) is 0 Å². The summed E-state index contributed by atoms with van der Waals surface area (Å²) in [4.78, 5) is 23.4. The number of amides is 1. The van der Waals surface area contributed by atoms with Gasteiger partial charge in [-0.3, -0.25) is 13.8 Å². The lowest BCUT2D eigenvalue weighted by atomic mass is 10.0. The molecule has 0 aliphatic carbocycles. The smallest absolute Gasteiger partial charge is 0.387 e. The van der Waals surface area contributed by atoms with Gasteiger partial charge in [-0.05, 0) is 32.1 Å². The van der Waals surface area contributed by atoms with Gasteiger partial charge in [0.15, 0.2) is 0 Å². The van der Waals surface area contributed by atoms with E-state index in [0.717, 1.165) is 38.5 Å². The standard InChI is InChI=1S/C67H133N2O6P/c1-6-8-10-12-14-16-18-20-22-24-26-28-30-32-33-34-35-37-39-41-43-45-47-49-51-53-55-57-59-61-67(71)68-65(64-75-76(72,73)74-63-62-69(3,4)5)66(70)60-58-56-54-52-50-48-46-44-42-40-38-36-31-29-27-25-23-21-19-17-15-13-11-9-7-2/h50,52,58,60,65-66,70H,6-49,51,53-57,59,61-64H2,1-5H3,(H-,68,71,72,73)/p+1/b52-50+,60-58+. The van der Waals surface area contributed by atoms with Crippen molar-refractivity contribution in [3.05, 3.63) is 24.3 Å². The largest absolute Gasteiger partial charge is 0.472 e. The van der Waals surface area contributed by atoms with Crippen LogP contribution in [-0.4, -0.2) is 73.4 Å². The number of aliphatic hydroxyl groups excluding tert-OH is 1. The fourth-order valence-electron chi connectivity index (χ4n) is 10.4. The first-order valence-electron chi connectivity index (χ1n) is 33.7. The van der Waals surface area contributed by atoms with Gasteiger partial charge in [0.25, 0.3) is 0 Å². The van der Waals surface area contributed by atoms with Crippen LogP contribution in [0.5, 0.6) is 0 Å². The van der Waals surface area contributed by atoms with E-state index in [4.69, 9.17) is 9.05 Å². The summed E-state index contributed by atoms with van der Waals surface area (Å²) < 4.78 is 23.8. The van der Waals surface area contributed by atoms with Gasteiger partial charge in [-0.25, -0.2) is 4.57 Å². The molecule has 452 valence electrons. The van der Waals surface area contributed by atoms with Gasteiger partial charge in [0.1, 0.15) is 13.2 Å². The third-order valence-corrected chi connectivity index (χ3v) is 16.7. The summed E-state index contributed by atoms with van der Waals surface area (Å²) in [7, 11) is 1.57. The highest BCUT2D eigenvalue weighted by Crippen LogP contribution is 2.43. The zero-order chi connectivity index (χ0) is 55.6. The van der Waals surface area contributed by atoms with Crippen molar-refractivity contribution < 1.29 is 32.9 Å². The number of unbranched alkanes of at least 4 members (excludes halogenated alkanes) is 48. The number of hydrogen-bond acceptors (Lipinski definition) is 5. The van der Waals surface area contributed by atoms with Gasteiger partial charge in [0.05, 0.1) is 39.9 Å². The molecule has 0 spiro atoms. The Balaban J connectivity index is 4.09. The van der Waals surface area contributed by atoms with Gasteiger partial charge in [0, 0.05) is 6.42 Å². The number of phosphoric acid groups is 1. The first-order chi connectivity index (χ1) is 37.0. The summed E-state index contributed by atoms with van der Waals surface area (Å²) in [5.41, 5.74) is 0. The van der Waals surface area contributed by atoms with Crippen LogP contribution in [0.1, 0.15) is 348 Å². The Bertz CT molecular complexity index is 1290. The predicted octanol–water partition coefficient (Wildman–Crippen LogP) is 21.1. The summed E-state index contributed by atoms with van der Waals surface area (Å²) >= 11 is 0. The Morgan fingerprint density at radius 3 is 1.05 bits per heavy atom. The van der Waals surface area contributed by atoms with Crippen molar-refractivity contribution in [3.8, 4) is 0 Å². The SMILES string of the molecule is CCCCCCCCCCCCCCCCCCCCC/C=C/CC/C=C/C(O)C(COP(=O)(O)OCC[N+](C)(C)C)NC(=O)CCCCCCCCCCCCCCCCCCCCCCCCCCCCCCC. The molecule has 0 rings (SSSR count). The first-order valence-corrected chi connectivity index (χ1v) is 35.2. The molecule has 0 saturated carbocycles. The fraction of sp³-hybridized carbons (Fsp3) is 0.925. The number of phosphoric ester groups is 1. The van der Waals surface area contributed by atoms with Crippen LogP contribution in [0.4, 0.5) is 0 Å². The molecule has 76 heavy (non-hydrogen) atoms. The minimum absolute atomic E-state index is 0.0590. The van der Waals surface area contributed by atoms with Gasteiger partial charge in [-0.1, -0.05) is 334 Å². The summed E-state index contributed by atoms with van der Waals surface area (Å²) in [5, 5.41) is 14.0. The minimum Gasteiger partial charge on any atom is -0.387 e. The Labute approximate surface area is 474 Å². The van der Waals surface area contributed by atoms with Crippen LogP contribution in [0.3, 0.4) is 0 Å². The van der Waals surface area contributed by atoms with Gasteiger partial charge in [0.2, 0.25) is 5.91 Å². The van der Waals surface area contributed by atoms with Crippen molar-refractivity contribution in [2.24, 2.45) is 0 Å². The summed E-state index contributed by atoms with van der Waals surface area (Å²) in [5.74, 6) is -0.178. The normalized spacial score (nSPS) is 13.8. The highest BCUT2D eigenvalue weighted by Gasteiger charge is 2.28. The number of hydrogen-bond donors (Lipinski definition) is 3. The number of likely N-dealkylation sites (N-methyl/N-ethyl adjacent to an activating group) is 1. The molecule has 3 unspecified atom stereocenters. The Kier molecular flexibility index (Phi) is 57.8. The first kappa shape index (κ1) is 75.0. The molecule has 0 aromatic rings. The quantitative estimate of drug-likeness (QED) is 0.0243. The molecular formula is C67H134N2O6P+. The van der Waals surface area contributed by atoms with Crippen molar-refractivity contribution in [3.63, 3.8) is 0 Å². The van der Waals surface area contributed by atoms with Gasteiger partial charge < -0.3 is 19.8 Å². The molecule has 0 fully saturated rings. The van der Waals surface area contributed by atoms with E-state index in [2.05, 4.69) is 31.3 Å². The second-order valence-electron chi connectivity index (χ2n) is 24.6. The van der Waals surface area contributed by atoms with E-state index < -0.39 is 20.0 Å². The zero-order valence-corrected chi connectivity index (χ0v) is 52.7. The molecule has 9 heteroatoms. The van der Waals surface area contributed by atoms with E-state index in [1.54, 1.807) is 6.08 Å². The summed E-state index contributed by atoms with van der Waals surface area (Å²) in [6.07, 6.45) is 76.1. The maximum atomic E-state index is 13.0. The van der Waals surface area contributed by atoms with Crippen molar-refractivity contribution in [1.82, 2.24) is 5.32 Å². The maximum absolute atomic E-state index is 13.0. The van der Waals surface area contributed by atoms with E-state index in [0.29, 0.717) is 17.4 Å². The molecule has 0 saturated heterocycles. The van der Waals surface area contributed by atoms with Crippen molar-refractivity contribution >= 4 is 13.7 Å². The van der Waals surface area contributed by atoms with Crippen LogP contribution in [0.2, 0.25) is 0 Å². The second kappa shape index (κ2) is 58.6. The Morgan fingerprint density at radius 1 is 0.434 bits per heavy atom. The Hall–Kier alpha value is -1.02. The van der Waals surface area contributed by atoms with E-state index in [1.807, 2.05) is 27.2 Å². The number of nitrogens with zero attached hydrogens (tertiary/aromatic N) is 1. The summed E-state index contributed by atoms with van der Waals surface area (Å²) in [6.45, 7) is 4.86. The molecular weight excluding hydrogens is 960 g/mol. The van der Waals surface area contributed by atoms with Gasteiger partial charge >= 0.3 is 7.82 Å². The van der Waals surface area contributed by atoms with Crippen LogP contribution in [0.25, 0.3) is 0 Å². The van der Waals surface area contributed by atoms with E-state index >= 15 is 0 Å². The maximum Gasteiger partial charge on any atom is 0.472 e. The van der Waals surface area contributed by atoms with Crippen LogP contribution >= 0.6 is 7.82 Å². The van der Waals surface area contributed by atoms with E-state index in [1.165, 1.54) is 289 Å². The van der Waals surface area contributed by atoms with Crippen molar-refractivity contribution in [2.75, 3.05) is 40.9 Å². The van der Waals surface area contributed by atoms with Crippen LogP contribution in [-0.2, 0) is 18.4 Å². The molecule has 0 aromatic carbocycles. The third-order valence-electron chi connectivity index (χ3n) is 15.7.